The van der Waals surface area contributed by atoms with Gasteiger partial charge in [0.25, 0.3) is 0 Å². The van der Waals surface area contributed by atoms with E-state index in [0.717, 1.165) is 0 Å². The van der Waals surface area contributed by atoms with E-state index in [4.69, 9.17) is 4.74 Å². The lowest BCUT2D eigenvalue weighted by molar-refractivity contribution is -0.123. The van der Waals surface area contributed by atoms with E-state index < -0.39 is 17.7 Å². The van der Waals surface area contributed by atoms with Crippen LogP contribution in [0.4, 0.5) is 4.79 Å². The number of alkyl carbamates (subject to hydrolysis) is 1. The molecule has 0 aliphatic carbocycles. The first-order chi connectivity index (χ1) is 9.19. The maximum atomic E-state index is 12.0. The van der Waals surface area contributed by atoms with Gasteiger partial charge in [0.1, 0.15) is 11.6 Å². The number of carbonyl (C=O) groups excluding carboxylic acids is 2. The van der Waals surface area contributed by atoms with E-state index in [1.165, 1.54) is 0 Å². The summed E-state index contributed by atoms with van der Waals surface area (Å²) in [5.41, 5.74) is -0.582. The molecule has 0 spiro atoms. The van der Waals surface area contributed by atoms with Crippen LogP contribution in [0.25, 0.3) is 0 Å². The van der Waals surface area contributed by atoms with E-state index in [0.29, 0.717) is 13.1 Å². The van der Waals surface area contributed by atoms with Crippen LogP contribution in [0.1, 0.15) is 27.7 Å². The highest BCUT2D eigenvalue weighted by Crippen LogP contribution is 2.06. The molecule has 0 rings (SSSR count). The first-order valence-electron chi connectivity index (χ1n) is 6.78. The molecule has 0 radical (unpaired) electrons. The average molecular weight is 288 g/mol. The summed E-state index contributed by atoms with van der Waals surface area (Å²) >= 11 is 0. The molecule has 0 aromatic heterocycles. The Hall–Kier alpha value is -1.34. The van der Waals surface area contributed by atoms with Crippen LogP contribution >= 0.6 is 0 Å². The Morgan fingerprint density at radius 1 is 1.05 bits per heavy atom. The minimum absolute atomic E-state index is 0.0413. The summed E-state index contributed by atoms with van der Waals surface area (Å²) < 4.78 is 5.10. The standard InChI is InChI=1S/C13H28N4O3/c1-9(16-12(19)20-13(2,3)4)11(18)17-10(7-14-5)8-15-6/h9-10,14-15H,7-8H2,1-6H3,(H,16,19)(H,17,18)/t9-/m0/s1. The molecule has 4 N–H and O–H groups in total. The van der Waals surface area contributed by atoms with Gasteiger partial charge in [-0.05, 0) is 41.8 Å². The summed E-state index contributed by atoms with van der Waals surface area (Å²) in [6.45, 7) is 8.22. The molecule has 0 fully saturated rings. The number of carbonyl (C=O) groups is 2. The van der Waals surface area contributed by atoms with E-state index in [1.807, 2.05) is 14.1 Å². The van der Waals surface area contributed by atoms with E-state index >= 15 is 0 Å². The third-order valence-corrected chi connectivity index (χ3v) is 2.37. The third kappa shape index (κ3) is 8.71. The van der Waals surface area contributed by atoms with Gasteiger partial charge in [0, 0.05) is 13.1 Å². The zero-order valence-corrected chi connectivity index (χ0v) is 13.3. The predicted octanol–water partition coefficient (Wildman–Crippen LogP) is -0.177. The van der Waals surface area contributed by atoms with Crippen molar-refractivity contribution < 1.29 is 14.3 Å². The van der Waals surface area contributed by atoms with E-state index in [9.17, 15) is 9.59 Å². The van der Waals surface area contributed by atoms with Crippen molar-refractivity contribution in [1.82, 2.24) is 21.3 Å². The molecular weight excluding hydrogens is 260 g/mol. The second kappa shape index (κ2) is 8.76. The lowest BCUT2D eigenvalue weighted by atomic mass is 10.2. The molecule has 20 heavy (non-hydrogen) atoms. The summed E-state index contributed by atoms with van der Waals surface area (Å²) in [5, 5.41) is 11.4. The van der Waals surface area contributed by atoms with E-state index in [1.54, 1.807) is 27.7 Å². The molecular formula is C13H28N4O3. The number of nitrogens with one attached hydrogen (secondary N) is 4. The van der Waals surface area contributed by atoms with Crippen molar-refractivity contribution in [2.75, 3.05) is 27.2 Å². The van der Waals surface area contributed by atoms with Crippen molar-refractivity contribution in [3.05, 3.63) is 0 Å². The predicted molar refractivity (Wildman–Crippen MR) is 78.6 cm³/mol. The van der Waals surface area contributed by atoms with Crippen LogP contribution in [0.5, 0.6) is 0 Å². The zero-order chi connectivity index (χ0) is 15.8. The molecule has 0 unspecified atom stereocenters. The van der Waals surface area contributed by atoms with Crippen molar-refractivity contribution >= 4 is 12.0 Å². The summed E-state index contributed by atoms with van der Waals surface area (Å²) in [5.74, 6) is -0.244. The van der Waals surface area contributed by atoms with Crippen molar-refractivity contribution in [3.8, 4) is 0 Å². The molecule has 0 aromatic carbocycles. The molecule has 7 nitrogen and oxygen atoms in total. The Morgan fingerprint density at radius 2 is 1.55 bits per heavy atom. The zero-order valence-electron chi connectivity index (χ0n) is 13.3. The second-order valence-corrected chi connectivity index (χ2v) is 5.69. The molecule has 0 heterocycles. The lowest BCUT2D eigenvalue weighted by Gasteiger charge is -2.23. The topological polar surface area (TPSA) is 91.5 Å². The molecule has 0 saturated heterocycles. The number of ether oxygens (including phenoxy) is 1. The van der Waals surface area contributed by atoms with Gasteiger partial charge in [0.2, 0.25) is 5.91 Å². The van der Waals surface area contributed by atoms with Crippen LogP contribution in [-0.4, -0.2) is 56.9 Å². The number of likely N-dealkylation sites (N-methyl/N-ethyl adjacent to an activating group) is 2. The molecule has 0 saturated carbocycles. The molecule has 0 aromatic rings. The minimum atomic E-state index is -0.652. The van der Waals surface area contributed by atoms with Crippen molar-refractivity contribution in [2.45, 2.75) is 45.4 Å². The first kappa shape index (κ1) is 18.7. The van der Waals surface area contributed by atoms with Gasteiger partial charge in [0.05, 0.1) is 6.04 Å². The van der Waals surface area contributed by atoms with Gasteiger partial charge < -0.3 is 26.0 Å². The van der Waals surface area contributed by atoms with Crippen LogP contribution in [0, 0.1) is 0 Å². The fourth-order valence-corrected chi connectivity index (χ4v) is 1.54. The summed E-state index contributed by atoms with van der Waals surface area (Å²) in [7, 11) is 3.63. The monoisotopic (exact) mass is 288 g/mol. The highest BCUT2D eigenvalue weighted by molar-refractivity contribution is 5.85. The SMILES string of the molecule is CNCC(CNC)NC(=O)[C@H](C)NC(=O)OC(C)(C)C. The van der Waals surface area contributed by atoms with Gasteiger partial charge in [0.15, 0.2) is 0 Å². The quantitative estimate of drug-likeness (QED) is 0.522. The average Bonchev–Trinajstić information content (AvgIpc) is 2.26. The molecule has 0 aliphatic heterocycles. The maximum absolute atomic E-state index is 12.0. The van der Waals surface area contributed by atoms with Crippen molar-refractivity contribution in [2.24, 2.45) is 0 Å². The molecule has 0 bridgehead atoms. The molecule has 2 amide bonds. The van der Waals surface area contributed by atoms with Gasteiger partial charge in [-0.1, -0.05) is 0 Å². The van der Waals surface area contributed by atoms with Crippen molar-refractivity contribution in [3.63, 3.8) is 0 Å². The van der Waals surface area contributed by atoms with Crippen LogP contribution in [0.2, 0.25) is 0 Å². The van der Waals surface area contributed by atoms with Gasteiger partial charge in [-0.25, -0.2) is 4.79 Å². The third-order valence-electron chi connectivity index (χ3n) is 2.37. The van der Waals surface area contributed by atoms with Gasteiger partial charge >= 0.3 is 6.09 Å². The van der Waals surface area contributed by atoms with Crippen molar-refractivity contribution in [1.29, 1.82) is 0 Å². The van der Waals surface area contributed by atoms with Crippen LogP contribution < -0.4 is 21.3 Å². The highest BCUT2D eigenvalue weighted by Gasteiger charge is 2.22. The maximum Gasteiger partial charge on any atom is 0.408 e. The summed E-state index contributed by atoms with van der Waals surface area (Å²) in [6.07, 6.45) is -0.598. The molecule has 118 valence electrons. The largest absolute Gasteiger partial charge is 0.444 e. The number of rotatable bonds is 7. The Labute approximate surface area is 121 Å². The van der Waals surface area contributed by atoms with E-state index in [-0.39, 0.29) is 11.9 Å². The van der Waals surface area contributed by atoms with Crippen LogP contribution in [0.15, 0.2) is 0 Å². The smallest absolute Gasteiger partial charge is 0.408 e. The van der Waals surface area contributed by atoms with Crippen LogP contribution in [0.3, 0.4) is 0 Å². The Balaban J connectivity index is 4.29. The number of hydrogen-bond donors (Lipinski definition) is 4. The van der Waals surface area contributed by atoms with Crippen LogP contribution in [-0.2, 0) is 9.53 Å². The van der Waals surface area contributed by atoms with Gasteiger partial charge in [-0.2, -0.15) is 0 Å². The highest BCUT2D eigenvalue weighted by atomic mass is 16.6. The fraction of sp³-hybridized carbons (Fsp3) is 0.846. The Bertz CT molecular complexity index is 309. The summed E-state index contributed by atoms with van der Waals surface area (Å²) in [4.78, 5) is 23.5. The van der Waals surface area contributed by atoms with E-state index in [2.05, 4.69) is 21.3 Å². The normalized spacial score (nSPS) is 12.9. The summed E-state index contributed by atoms with van der Waals surface area (Å²) in [6, 6.07) is -0.693. The Kier molecular flexibility index (Phi) is 8.17. The molecule has 0 aliphatic rings. The van der Waals surface area contributed by atoms with Gasteiger partial charge in [-0.15, -0.1) is 0 Å². The first-order valence-corrected chi connectivity index (χ1v) is 6.78. The number of hydrogen-bond acceptors (Lipinski definition) is 5. The molecule has 1 atom stereocenters. The minimum Gasteiger partial charge on any atom is -0.444 e. The fourth-order valence-electron chi connectivity index (χ4n) is 1.54. The lowest BCUT2D eigenvalue weighted by Crippen LogP contribution is -2.53. The van der Waals surface area contributed by atoms with Gasteiger partial charge in [-0.3, -0.25) is 4.79 Å². The second-order valence-electron chi connectivity index (χ2n) is 5.69. The molecule has 7 heteroatoms. The Morgan fingerprint density at radius 3 is 1.95 bits per heavy atom. The number of amides is 2.